The van der Waals surface area contributed by atoms with E-state index in [-0.39, 0.29) is 19.2 Å². The van der Waals surface area contributed by atoms with Gasteiger partial charge in [-0.1, -0.05) is 25.6 Å². The highest BCUT2D eigenvalue weighted by atomic mass is 16.5. The minimum absolute atomic E-state index is 0. The molecule has 1 amide bonds. The molecule has 3 heterocycles. The Hall–Kier alpha value is -4.35. The van der Waals surface area contributed by atoms with Crippen LogP contribution in [0.1, 0.15) is 23.3 Å². The van der Waals surface area contributed by atoms with Gasteiger partial charge in [0.25, 0.3) is 5.91 Å². The third-order valence-electron chi connectivity index (χ3n) is 5.81. The van der Waals surface area contributed by atoms with Crippen molar-refractivity contribution < 1.29 is 14.3 Å². The third kappa shape index (κ3) is 4.67. The van der Waals surface area contributed by atoms with E-state index >= 15 is 0 Å². The molecule has 2 aromatic carbocycles. The number of amides is 1. The predicted molar refractivity (Wildman–Crippen MR) is 133 cm³/mol. The number of ether oxygens (including phenoxy) is 2. The van der Waals surface area contributed by atoms with E-state index in [9.17, 15) is 10.1 Å². The lowest BCUT2D eigenvalue weighted by molar-refractivity contribution is 0.0303. The second-order valence-corrected chi connectivity index (χ2v) is 7.83. The van der Waals surface area contributed by atoms with Crippen LogP contribution in [0.2, 0.25) is 0 Å². The summed E-state index contributed by atoms with van der Waals surface area (Å²) in [7, 11) is 1.49. The van der Waals surface area contributed by atoms with Gasteiger partial charge in [0, 0.05) is 41.4 Å². The first-order valence-corrected chi connectivity index (χ1v) is 10.8. The van der Waals surface area contributed by atoms with E-state index in [0.717, 1.165) is 33.3 Å². The van der Waals surface area contributed by atoms with Crippen molar-refractivity contribution in [2.75, 3.05) is 33.4 Å². The van der Waals surface area contributed by atoms with Gasteiger partial charge in [-0.15, -0.1) is 0 Å². The molecule has 1 aliphatic heterocycles. The molecule has 8 nitrogen and oxygen atoms in total. The maximum Gasteiger partial charge on any atom is 0.254 e. The summed E-state index contributed by atoms with van der Waals surface area (Å²) in [5.74, 6) is 0.273. The van der Waals surface area contributed by atoms with Gasteiger partial charge in [0.1, 0.15) is 18.0 Å². The van der Waals surface area contributed by atoms with Gasteiger partial charge < -0.3 is 14.4 Å². The third-order valence-corrected chi connectivity index (χ3v) is 5.81. The molecule has 176 valence electrons. The number of carbonyl (C=O) groups is 1. The van der Waals surface area contributed by atoms with Gasteiger partial charge in [0.15, 0.2) is 0 Å². The van der Waals surface area contributed by atoms with Crippen LogP contribution >= 0.6 is 0 Å². The Morgan fingerprint density at radius 1 is 1.03 bits per heavy atom. The second-order valence-electron chi connectivity index (χ2n) is 7.83. The molecular formula is C27H25N5O3. The minimum atomic E-state index is -0.0162. The molecule has 5 rings (SSSR count). The highest BCUT2D eigenvalue weighted by Crippen LogP contribution is 2.31. The molecule has 4 aromatic rings. The molecule has 0 aliphatic carbocycles. The zero-order valence-electron chi connectivity index (χ0n) is 18.6. The van der Waals surface area contributed by atoms with Gasteiger partial charge in [0.2, 0.25) is 5.88 Å². The van der Waals surface area contributed by atoms with Crippen molar-refractivity contribution in [1.29, 1.82) is 5.26 Å². The SMILES string of the molecule is C.COc1ncc(-c2ccc3ncnc(-c4cccc(C(=O)N5CCOCC5)c4)c3c2)cc1C#N. The maximum absolute atomic E-state index is 13.0. The van der Waals surface area contributed by atoms with Crippen LogP contribution in [-0.2, 0) is 4.74 Å². The number of benzene rings is 2. The quantitative estimate of drug-likeness (QED) is 0.440. The van der Waals surface area contributed by atoms with E-state index in [1.54, 1.807) is 12.3 Å². The van der Waals surface area contributed by atoms with Gasteiger partial charge in [-0.2, -0.15) is 5.26 Å². The molecule has 1 aliphatic rings. The number of nitrogens with zero attached hydrogens (tertiary/aromatic N) is 5. The molecule has 0 N–H and O–H groups in total. The Kier molecular flexibility index (Phi) is 6.99. The standard InChI is InChI=1S/C26H21N5O3.CH4/c1-33-25-20(14-27)12-21(15-28-25)17-5-6-23-22(13-17)24(30-16-29-23)18-3-2-4-19(11-18)26(32)31-7-9-34-10-8-31;/h2-6,11-13,15-16H,7-10H2,1H3;1H4. The van der Waals surface area contributed by atoms with Crippen LogP contribution in [0.5, 0.6) is 5.88 Å². The molecule has 8 heteroatoms. The average Bonchev–Trinajstić information content (AvgIpc) is 2.92. The summed E-state index contributed by atoms with van der Waals surface area (Å²) in [5.41, 5.74) is 4.96. The fourth-order valence-corrected chi connectivity index (χ4v) is 4.07. The topological polar surface area (TPSA) is 101 Å². The fraction of sp³-hybridized carbons (Fsp3) is 0.222. The van der Waals surface area contributed by atoms with Crippen molar-refractivity contribution in [1.82, 2.24) is 19.9 Å². The molecule has 0 radical (unpaired) electrons. The molecule has 1 fully saturated rings. The number of rotatable bonds is 4. The van der Waals surface area contributed by atoms with Crippen LogP contribution in [0.3, 0.4) is 0 Å². The normalized spacial score (nSPS) is 13.1. The van der Waals surface area contributed by atoms with E-state index in [4.69, 9.17) is 9.47 Å². The molecular weight excluding hydrogens is 442 g/mol. The average molecular weight is 468 g/mol. The number of morpholine rings is 1. The predicted octanol–water partition coefficient (Wildman–Crippen LogP) is 4.35. The van der Waals surface area contributed by atoms with Crippen molar-refractivity contribution in [3.63, 3.8) is 0 Å². The summed E-state index contributed by atoms with van der Waals surface area (Å²) in [6, 6.07) is 17.2. The monoisotopic (exact) mass is 467 g/mol. The molecule has 0 spiro atoms. The Morgan fingerprint density at radius 2 is 1.86 bits per heavy atom. The summed E-state index contributed by atoms with van der Waals surface area (Å²) < 4.78 is 10.5. The molecule has 35 heavy (non-hydrogen) atoms. The van der Waals surface area contributed by atoms with E-state index < -0.39 is 0 Å². The van der Waals surface area contributed by atoms with Crippen molar-refractivity contribution in [3.8, 4) is 34.3 Å². The zero-order chi connectivity index (χ0) is 23.5. The largest absolute Gasteiger partial charge is 0.480 e. The summed E-state index contributed by atoms with van der Waals surface area (Å²) in [5, 5.41) is 10.3. The first kappa shape index (κ1) is 23.8. The van der Waals surface area contributed by atoms with Crippen LogP contribution in [0.4, 0.5) is 0 Å². The van der Waals surface area contributed by atoms with Crippen molar-refractivity contribution in [2.24, 2.45) is 0 Å². The second kappa shape index (κ2) is 10.3. The molecule has 0 bridgehead atoms. The zero-order valence-corrected chi connectivity index (χ0v) is 18.6. The smallest absolute Gasteiger partial charge is 0.254 e. The summed E-state index contributed by atoms with van der Waals surface area (Å²) in [6.45, 7) is 2.28. The number of fused-ring (bicyclic) bond motifs is 1. The first-order valence-electron chi connectivity index (χ1n) is 10.8. The van der Waals surface area contributed by atoms with E-state index in [2.05, 4.69) is 21.0 Å². The number of methoxy groups -OCH3 is 1. The number of hydrogen-bond donors (Lipinski definition) is 0. The molecule has 0 saturated carbocycles. The van der Waals surface area contributed by atoms with Crippen LogP contribution in [0.15, 0.2) is 61.1 Å². The lowest BCUT2D eigenvalue weighted by atomic mass is 9.99. The summed E-state index contributed by atoms with van der Waals surface area (Å²) in [4.78, 5) is 28.0. The van der Waals surface area contributed by atoms with E-state index in [1.165, 1.54) is 13.4 Å². The molecule has 1 saturated heterocycles. The van der Waals surface area contributed by atoms with Gasteiger partial charge in [-0.3, -0.25) is 4.79 Å². The van der Waals surface area contributed by atoms with E-state index in [0.29, 0.717) is 37.4 Å². The maximum atomic E-state index is 13.0. The Balaban J connectivity index is 0.00000289. The van der Waals surface area contributed by atoms with Crippen molar-refractivity contribution in [2.45, 2.75) is 7.43 Å². The van der Waals surface area contributed by atoms with Crippen LogP contribution in [0.25, 0.3) is 33.3 Å². The lowest BCUT2D eigenvalue weighted by Crippen LogP contribution is -2.40. The highest BCUT2D eigenvalue weighted by molar-refractivity contribution is 5.98. The number of hydrogen-bond acceptors (Lipinski definition) is 7. The van der Waals surface area contributed by atoms with E-state index in [1.807, 2.05) is 47.4 Å². The van der Waals surface area contributed by atoms with Gasteiger partial charge in [-0.05, 0) is 35.9 Å². The van der Waals surface area contributed by atoms with Crippen molar-refractivity contribution >= 4 is 16.8 Å². The first-order chi connectivity index (χ1) is 16.7. The number of pyridine rings is 1. The Bertz CT molecular complexity index is 1420. The highest BCUT2D eigenvalue weighted by Gasteiger charge is 2.19. The van der Waals surface area contributed by atoms with Crippen LogP contribution < -0.4 is 4.74 Å². The number of carbonyl (C=O) groups excluding carboxylic acids is 1. The van der Waals surface area contributed by atoms with Crippen LogP contribution in [-0.4, -0.2) is 59.2 Å². The van der Waals surface area contributed by atoms with Crippen LogP contribution in [0, 0.1) is 11.3 Å². The summed E-state index contributed by atoms with van der Waals surface area (Å²) >= 11 is 0. The van der Waals surface area contributed by atoms with Crippen molar-refractivity contribution in [3.05, 3.63) is 72.2 Å². The van der Waals surface area contributed by atoms with Gasteiger partial charge >= 0.3 is 0 Å². The molecule has 0 unspecified atom stereocenters. The lowest BCUT2D eigenvalue weighted by Gasteiger charge is -2.27. The molecule has 0 atom stereocenters. The minimum Gasteiger partial charge on any atom is -0.480 e. The summed E-state index contributed by atoms with van der Waals surface area (Å²) in [6.07, 6.45) is 3.20. The van der Waals surface area contributed by atoms with Gasteiger partial charge in [-0.25, -0.2) is 15.0 Å². The number of nitriles is 1. The number of aromatic nitrogens is 3. The molecule has 2 aromatic heterocycles. The Labute approximate surface area is 203 Å². The van der Waals surface area contributed by atoms with Gasteiger partial charge in [0.05, 0.1) is 31.5 Å². The fourth-order valence-electron chi connectivity index (χ4n) is 4.07. The Morgan fingerprint density at radius 3 is 2.63 bits per heavy atom.